The van der Waals surface area contributed by atoms with E-state index in [9.17, 15) is 23.9 Å². The molecule has 39 heavy (non-hydrogen) atoms. The summed E-state index contributed by atoms with van der Waals surface area (Å²) in [5, 5.41) is 16.4. The molecule has 3 N–H and O–H groups in total. The van der Waals surface area contributed by atoms with Gasteiger partial charge in [-0.1, -0.05) is 43.3 Å². The van der Waals surface area contributed by atoms with Gasteiger partial charge >= 0.3 is 5.97 Å². The van der Waals surface area contributed by atoms with Gasteiger partial charge < -0.3 is 24.4 Å². The predicted octanol–water partition coefficient (Wildman–Crippen LogP) is 3.75. The Labute approximate surface area is 229 Å². The van der Waals surface area contributed by atoms with E-state index in [0.717, 1.165) is 21.9 Å². The van der Waals surface area contributed by atoms with Crippen LogP contribution < -0.4 is 10.4 Å². The van der Waals surface area contributed by atoms with Crippen molar-refractivity contribution < 1.29 is 37.9 Å². The molecule has 0 bridgehead atoms. The van der Waals surface area contributed by atoms with Gasteiger partial charge in [-0.05, 0) is 38.6 Å². The fourth-order valence-electron chi connectivity index (χ4n) is 3.73. The summed E-state index contributed by atoms with van der Waals surface area (Å²) in [6, 6.07) is 12.8. The lowest BCUT2D eigenvalue weighted by Gasteiger charge is -2.24. The average Bonchev–Trinajstić information content (AvgIpc) is 3.29. The van der Waals surface area contributed by atoms with Crippen LogP contribution in [0.5, 0.6) is 5.75 Å². The zero-order chi connectivity index (χ0) is 28.9. The second-order valence-corrected chi connectivity index (χ2v) is 10.0. The van der Waals surface area contributed by atoms with Crippen LogP contribution in [0.3, 0.4) is 0 Å². The minimum Gasteiger partial charge on any atom is -0.507 e. The first-order valence-electron chi connectivity index (χ1n) is 12.5. The molecule has 2 aromatic carbocycles. The molecule has 0 spiro atoms. The summed E-state index contributed by atoms with van der Waals surface area (Å²) in [4.78, 5) is 35.2. The first-order chi connectivity index (χ1) is 18.6. The molecule has 5 atom stereocenters. The van der Waals surface area contributed by atoms with E-state index >= 15 is 0 Å². The molecule has 1 aliphatic heterocycles. The number of ether oxygens (including phenoxy) is 2. The number of hydrogen-bond donors (Lipinski definition) is 3. The number of carbonyl (C=O) groups is 3. The van der Waals surface area contributed by atoms with Gasteiger partial charge in [-0.3, -0.25) is 24.4 Å². The maximum absolute atomic E-state index is 13.7. The number of fused-ring (bicyclic) bond motifs is 1. The fourth-order valence-corrected chi connectivity index (χ4v) is 4.38. The van der Waals surface area contributed by atoms with E-state index in [0.29, 0.717) is 18.6 Å². The Kier molecular flexibility index (Phi) is 13.3. The van der Waals surface area contributed by atoms with Crippen molar-refractivity contribution in [2.45, 2.75) is 58.6 Å². The molecule has 1 saturated heterocycles. The fraction of sp³-hybridized carbons (Fsp3) is 0.444. The molecular weight excluding hydrogens is 528 g/mol. The molecule has 2 amide bonds. The van der Waals surface area contributed by atoms with Crippen LogP contribution in [-0.4, -0.2) is 66.4 Å². The molecule has 3 rings (SSSR count). The normalized spacial score (nSPS) is 20.0. The number of carbonyl (C=O) groups excluding carboxylic acids is 3. The van der Waals surface area contributed by atoms with E-state index in [1.165, 1.54) is 7.05 Å². The van der Waals surface area contributed by atoms with Crippen molar-refractivity contribution in [1.29, 1.82) is 0 Å². The molecule has 0 aromatic heterocycles. The van der Waals surface area contributed by atoms with Gasteiger partial charge in [0.25, 0.3) is 5.91 Å². The van der Waals surface area contributed by atoms with E-state index in [1.54, 1.807) is 26.8 Å². The molecule has 0 radical (unpaired) electrons. The molecule has 0 aliphatic carbocycles. The Balaban J connectivity index is 0.000000397. The maximum Gasteiger partial charge on any atom is 0.323 e. The van der Waals surface area contributed by atoms with Gasteiger partial charge in [0.2, 0.25) is 12.2 Å². The van der Waals surface area contributed by atoms with Crippen LogP contribution >= 0.6 is 8.96 Å². The maximum atomic E-state index is 13.7. The van der Waals surface area contributed by atoms with Crippen LogP contribution in [0.2, 0.25) is 0 Å². The van der Waals surface area contributed by atoms with Crippen molar-refractivity contribution in [3.8, 4) is 5.75 Å². The van der Waals surface area contributed by atoms with Crippen LogP contribution in [0.15, 0.2) is 54.5 Å². The molecular formula is C27H37FN3O7P. The number of aromatic hydroxyl groups is 1. The molecule has 214 valence electrons. The highest BCUT2D eigenvalue weighted by molar-refractivity contribution is 7.29. The summed E-state index contributed by atoms with van der Waals surface area (Å²) >= 11 is 0. The summed E-state index contributed by atoms with van der Waals surface area (Å²) in [5.74, 6) is -2.09. The summed E-state index contributed by atoms with van der Waals surface area (Å²) in [5.41, 5.74) is 0. The van der Waals surface area contributed by atoms with Gasteiger partial charge in [0.15, 0.2) is 0 Å². The molecule has 5 unspecified atom stereocenters. The molecule has 1 aliphatic rings. The predicted molar refractivity (Wildman–Crippen MR) is 147 cm³/mol. The Morgan fingerprint density at radius 2 is 1.92 bits per heavy atom. The lowest BCUT2D eigenvalue weighted by Crippen LogP contribution is -2.35. The van der Waals surface area contributed by atoms with Gasteiger partial charge in [0.05, 0.1) is 34.0 Å². The number of hydrogen-bond acceptors (Lipinski definition) is 8. The molecule has 12 heteroatoms. The van der Waals surface area contributed by atoms with Crippen LogP contribution in [0.25, 0.3) is 10.8 Å². The Morgan fingerprint density at radius 1 is 1.23 bits per heavy atom. The Hall–Kier alpha value is -3.11. The van der Waals surface area contributed by atoms with E-state index in [2.05, 4.69) is 10.4 Å². The summed E-state index contributed by atoms with van der Waals surface area (Å²) in [6.45, 7) is 7.33. The summed E-state index contributed by atoms with van der Waals surface area (Å²) in [7, 11) is 1.15. The number of nitrogens with one attached hydrogen (secondary N) is 2. The number of amides is 2. The number of esters is 1. The zero-order valence-corrected chi connectivity index (χ0v) is 23.7. The number of rotatable bonds is 11. The van der Waals surface area contributed by atoms with Gasteiger partial charge in [-0.25, -0.2) is 0 Å². The lowest BCUT2D eigenvalue weighted by molar-refractivity contribution is -0.148. The smallest absolute Gasteiger partial charge is 0.323 e. The quantitative estimate of drug-likeness (QED) is 0.124. The van der Waals surface area contributed by atoms with Gasteiger partial charge in [-0.15, -0.1) is 0 Å². The van der Waals surface area contributed by atoms with Crippen LogP contribution in [0.4, 0.5) is 4.39 Å². The zero-order valence-electron chi connectivity index (χ0n) is 22.7. The number of nitrogens with zero attached hydrogens (tertiary/aromatic N) is 1. The SMILES string of the molecule is CNC(=O)/C(F)=C\N(C=O)C1OC(COPNC(C)C(=O)OC(C)C)CC1C.Oc1cccc2ccccc12. The number of phenols is 1. The second kappa shape index (κ2) is 16.1. The third-order valence-corrected chi connectivity index (χ3v) is 6.53. The highest BCUT2D eigenvalue weighted by Gasteiger charge is 2.36. The van der Waals surface area contributed by atoms with Gasteiger partial charge in [0, 0.05) is 18.4 Å². The number of halogens is 1. The number of likely N-dealkylation sites (N-methyl/N-ethyl adjacent to an activating group) is 1. The van der Waals surface area contributed by atoms with Crippen LogP contribution in [0.1, 0.15) is 34.1 Å². The Morgan fingerprint density at radius 3 is 2.56 bits per heavy atom. The van der Waals surface area contributed by atoms with Crippen molar-refractivity contribution in [2.75, 3.05) is 13.7 Å². The first-order valence-corrected chi connectivity index (χ1v) is 13.4. The van der Waals surface area contributed by atoms with E-state index in [4.69, 9.17) is 14.0 Å². The Bertz CT molecular complexity index is 1130. The largest absolute Gasteiger partial charge is 0.507 e. The van der Waals surface area contributed by atoms with Crippen LogP contribution in [0, 0.1) is 5.92 Å². The molecule has 1 fully saturated rings. The van der Waals surface area contributed by atoms with Crippen molar-refractivity contribution in [1.82, 2.24) is 15.3 Å². The standard InChI is InChI=1S/C17H29FN3O6P.C10H8O/c1-10(2)26-17(24)12(4)20-28-25-8-13-6-11(3)16(27-13)21(9-22)7-14(18)15(23)19-5;11-10-7-3-5-8-4-1-2-6-9(8)10/h7,9-13,16,20,28H,6,8H2,1-5H3,(H,19,23);1-7,11H/b14-7+;. The van der Waals surface area contributed by atoms with Crippen molar-refractivity contribution in [3.05, 3.63) is 54.5 Å². The first kappa shape index (κ1) is 32.1. The van der Waals surface area contributed by atoms with Gasteiger partial charge in [-0.2, -0.15) is 4.39 Å². The third-order valence-electron chi connectivity index (χ3n) is 5.66. The second-order valence-electron chi connectivity index (χ2n) is 9.23. The van der Waals surface area contributed by atoms with Crippen molar-refractivity contribution >= 4 is 38.0 Å². The number of benzene rings is 2. The van der Waals surface area contributed by atoms with Crippen LogP contribution in [-0.2, 0) is 28.4 Å². The molecule has 0 saturated carbocycles. The molecule has 1 heterocycles. The average molecular weight is 566 g/mol. The number of phenolic OH excluding ortho intramolecular Hbond substituents is 1. The van der Waals surface area contributed by atoms with Crippen molar-refractivity contribution in [2.24, 2.45) is 5.92 Å². The third kappa shape index (κ3) is 10.2. The summed E-state index contributed by atoms with van der Waals surface area (Å²) in [6.07, 6.45) is 0.651. The minimum atomic E-state index is -1.09. The summed E-state index contributed by atoms with van der Waals surface area (Å²) < 4.78 is 30.1. The van der Waals surface area contributed by atoms with Gasteiger partial charge in [0.1, 0.15) is 18.0 Å². The van der Waals surface area contributed by atoms with E-state index in [-0.39, 0.29) is 39.7 Å². The van der Waals surface area contributed by atoms with E-state index < -0.39 is 24.0 Å². The lowest BCUT2D eigenvalue weighted by atomic mass is 10.1. The topological polar surface area (TPSA) is 126 Å². The highest BCUT2D eigenvalue weighted by atomic mass is 31.1. The monoisotopic (exact) mass is 565 g/mol. The minimum absolute atomic E-state index is 0.0798. The highest BCUT2D eigenvalue weighted by Crippen LogP contribution is 2.30. The van der Waals surface area contributed by atoms with Crippen molar-refractivity contribution in [3.63, 3.8) is 0 Å². The van der Waals surface area contributed by atoms with E-state index in [1.807, 2.05) is 43.3 Å². The molecule has 2 aromatic rings. The molecule has 10 nitrogen and oxygen atoms in total.